The third kappa shape index (κ3) is 2.31. The molecule has 3 aliphatic rings. The van der Waals surface area contributed by atoms with Crippen molar-refractivity contribution in [3.05, 3.63) is 11.6 Å². The molecular weight excluding hydrogens is 260 g/mol. The minimum atomic E-state index is -1.34. The molecule has 0 aromatic carbocycles. The van der Waals surface area contributed by atoms with Gasteiger partial charge in [-0.25, -0.2) is 0 Å². The highest BCUT2D eigenvalue weighted by molar-refractivity contribution is 5.15. The molecule has 5 nitrogen and oxygen atoms in total. The van der Waals surface area contributed by atoms with Crippen LogP contribution in [0.25, 0.3) is 0 Å². The Morgan fingerprint density at radius 1 is 1.50 bits per heavy atom. The fraction of sp³-hybridized carbons (Fsp3) is 0.867. The number of ether oxygens (including phenoxy) is 4. The molecule has 6 atom stereocenters. The maximum atomic E-state index is 10.6. The second-order valence-corrected chi connectivity index (χ2v) is 6.23. The molecule has 0 radical (unpaired) electrons. The summed E-state index contributed by atoms with van der Waals surface area (Å²) >= 11 is 0. The van der Waals surface area contributed by atoms with Gasteiger partial charge in [0.1, 0.15) is 12.9 Å². The second kappa shape index (κ2) is 5.39. The molecule has 0 spiro atoms. The summed E-state index contributed by atoms with van der Waals surface area (Å²) in [5.41, 5.74) is 1.41. The van der Waals surface area contributed by atoms with Crippen molar-refractivity contribution in [3.63, 3.8) is 0 Å². The number of rotatable bonds is 3. The Bertz CT molecular complexity index is 392. The lowest BCUT2D eigenvalue weighted by atomic mass is 9.65. The van der Waals surface area contributed by atoms with E-state index in [0.29, 0.717) is 12.5 Å². The van der Waals surface area contributed by atoms with Crippen LogP contribution in [-0.2, 0) is 18.9 Å². The fourth-order valence-electron chi connectivity index (χ4n) is 4.02. The van der Waals surface area contributed by atoms with Crippen molar-refractivity contribution in [2.45, 2.75) is 44.9 Å². The van der Waals surface area contributed by atoms with Gasteiger partial charge in [-0.1, -0.05) is 11.6 Å². The van der Waals surface area contributed by atoms with Crippen LogP contribution in [0.4, 0.5) is 0 Å². The molecule has 20 heavy (non-hydrogen) atoms. The number of aliphatic hydroxyl groups is 1. The van der Waals surface area contributed by atoms with E-state index >= 15 is 0 Å². The molecule has 0 aromatic rings. The summed E-state index contributed by atoms with van der Waals surface area (Å²) in [4.78, 5) is 0. The number of hydrogen-bond donors (Lipinski definition) is 1. The van der Waals surface area contributed by atoms with Crippen LogP contribution in [-0.4, -0.2) is 43.8 Å². The SMILES string of the molecule is COCO[C@@H]1[C@H]2CC=C(C)[C@@H]3CCO[C@@H](OC1(C)O)[C@@H]23. The van der Waals surface area contributed by atoms with Gasteiger partial charge in [-0.15, -0.1) is 0 Å². The Balaban J connectivity index is 1.89. The van der Waals surface area contributed by atoms with E-state index in [1.165, 1.54) is 5.57 Å². The van der Waals surface area contributed by atoms with E-state index in [0.717, 1.165) is 12.8 Å². The molecule has 2 saturated heterocycles. The number of allylic oxidation sites excluding steroid dienone is 2. The lowest BCUT2D eigenvalue weighted by Crippen LogP contribution is -2.63. The summed E-state index contributed by atoms with van der Waals surface area (Å²) in [6.07, 6.45) is 3.46. The molecule has 0 bridgehead atoms. The summed E-state index contributed by atoms with van der Waals surface area (Å²) in [5.74, 6) is -0.410. The van der Waals surface area contributed by atoms with Crippen molar-refractivity contribution in [1.82, 2.24) is 0 Å². The van der Waals surface area contributed by atoms with Gasteiger partial charge in [-0.3, -0.25) is 0 Å². The Morgan fingerprint density at radius 2 is 2.30 bits per heavy atom. The number of hydrogen-bond acceptors (Lipinski definition) is 5. The Morgan fingerprint density at radius 3 is 3.05 bits per heavy atom. The first-order valence-corrected chi connectivity index (χ1v) is 7.33. The monoisotopic (exact) mass is 284 g/mol. The highest BCUT2D eigenvalue weighted by Crippen LogP contribution is 2.50. The molecule has 0 amide bonds. The molecule has 3 rings (SSSR count). The lowest BCUT2D eigenvalue weighted by Gasteiger charge is -2.55. The van der Waals surface area contributed by atoms with Crippen LogP contribution in [0.15, 0.2) is 11.6 Å². The van der Waals surface area contributed by atoms with Crippen LogP contribution in [0.1, 0.15) is 26.7 Å². The average Bonchev–Trinajstić information content (AvgIpc) is 2.40. The quantitative estimate of drug-likeness (QED) is 0.631. The van der Waals surface area contributed by atoms with Gasteiger partial charge in [0.15, 0.2) is 12.1 Å². The molecule has 1 unspecified atom stereocenters. The third-order valence-corrected chi connectivity index (χ3v) is 4.92. The van der Waals surface area contributed by atoms with Gasteiger partial charge in [-0.2, -0.15) is 0 Å². The zero-order valence-electron chi connectivity index (χ0n) is 12.4. The first-order chi connectivity index (χ1) is 9.54. The molecule has 2 aliphatic heterocycles. The van der Waals surface area contributed by atoms with Crippen LogP contribution in [0.3, 0.4) is 0 Å². The summed E-state index contributed by atoms with van der Waals surface area (Å²) in [6, 6.07) is 0. The van der Waals surface area contributed by atoms with Crippen molar-refractivity contribution in [2.24, 2.45) is 17.8 Å². The topological polar surface area (TPSA) is 57.2 Å². The minimum Gasteiger partial charge on any atom is -0.364 e. The van der Waals surface area contributed by atoms with Crippen molar-refractivity contribution in [1.29, 1.82) is 0 Å². The van der Waals surface area contributed by atoms with E-state index in [1.807, 2.05) is 0 Å². The number of methoxy groups -OCH3 is 1. The Labute approximate surface area is 119 Å². The largest absolute Gasteiger partial charge is 0.364 e. The molecule has 0 aromatic heterocycles. The predicted molar refractivity (Wildman–Crippen MR) is 71.7 cm³/mol. The van der Waals surface area contributed by atoms with Crippen LogP contribution >= 0.6 is 0 Å². The molecule has 0 saturated carbocycles. The van der Waals surface area contributed by atoms with Crippen molar-refractivity contribution in [2.75, 3.05) is 20.5 Å². The van der Waals surface area contributed by atoms with Gasteiger partial charge >= 0.3 is 0 Å². The molecule has 2 fully saturated rings. The summed E-state index contributed by atoms with van der Waals surface area (Å²) in [6.45, 7) is 4.68. The normalized spacial score (nSPS) is 47.6. The summed E-state index contributed by atoms with van der Waals surface area (Å²) in [7, 11) is 1.58. The van der Waals surface area contributed by atoms with Gasteiger partial charge in [0, 0.05) is 18.9 Å². The van der Waals surface area contributed by atoms with E-state index < -0.39 is 11.9 Å². The van der Waals surface area contributed by atoms with Crippen molar-refractivity contribution >= 4 is 0 Å². The average molecular weight is 284 g/mol. The molecule has 114 valence electrons. The van der Waals surface area contributed by atoms with E-state index in [9.17, 15) is 5.11 Å². The van der Waals surface area contributed by atoms with E-state index in [1.54, 1.807) is 14.0 Å². The third-order valence-electron chi connectivity index (χ3n) is 4.92. The van der Waals surface area contributed by atoms with Crippen molar-refractivity contribution in [3.8, 4) is 0 Å². The maximum absolute atomic E-state index is 10.6. The smallest absolute Gasteiger partial charge is 0.192 e. The van der Waals surface area contributed by atoms with Crippen molar-refractivity contribution < 1.29 is 24.1 Å². The Kier molecular flexibility index (Phi) is 3.90. The van der Waals surface area contributed by atoms with Crippen LogP contribution < -0.4 is 0 Å². The lowest BCUT2D eigenvalue weighted by molar-refractivity contribution is -0.393. The van der Waals surface area contributed by atoms with Gasteiger partial charge < -0.3 is 24.1 Å². The van der Waals surface area contributed by atoms with Crippen LogP contribution in [0.2, 0.25) is 0 Å². The maximum Gasteiger partial charge on any atom is 0.192 e. The van der Waals surface area contributed by atoms with E-state index in [-0.39, 0.29) is 24.9 Å². The Hall–Kier alpha value is -0.460. The highest BCUT2D eigenvalue weighted by atomic mass is 16.8. The van der Waals surface area contributed by atoms with E-state index in [2.05, 4.69) is 13.0 Å². The minimum absolute atomic E-state index is 0.159. The molecule has 1 aliphatic carbocycles. The van der Waals surface area contributed by atoms with E-state index in [4.69, 9.17) is 18.9 Å². The summed E-state index contributed by atoms with van der Waals surface area (Å²) < 4.78 is 22.3. The zero-order valence-corrected chi connectivity index (χ0v) is 12.4. The molecular formula is C15H24O5. The second-order valence-electron chi connectivity index (χ2n) is 6.23. The molecule has 2 heterocycles. The van der Waals surface area contributed by atoms with Gasteiger partial charge in [0.05, 0.1) is 6.61 Å². The fourth-order valence-corrected chi connectivity index (χ4v) is 4.02. The van der Waals surface area contributed by atoms with Gasteiger partial charge in [-0.05, 0) is 32.6 Å². The summed E-state index contributed by atoms with van der Waals surface area (Å²) in [5, 5.41) is 10.6. The van der Waals surface area contributed by atoms with Crippen LogP contribution in [0, 0.1) is 17.8 Å². The predicted octanol–water partition coefficient (Wildman–Crippen LogP) is 1.66. The first-order valence-electron chi connectivity index (χ1n) is 7.33. The van der Waals surface area contributed by atoms with Crippen LogP contribution in [0.5, 0.6) is 0 Å². The standard InChI is InChI=1S/C15H24O5/c1-9-4-5-11-12-10(9)6-7-18-14(12)20-15(2,16)13(11)19-8-17-3/h4,10-14,16H,5-8H2,1-3H3/t10-,11-,12+,13+,14-,15?/m0/s1. The first kappa shape index (κ1) is 14.5. The highest BCUT2D eigenvalue weighted by Gasteiger charge is 2.56. The van der Waals surface area contributed by atoms with Gasteiger partial charge in [0.25, 0.3) is 0 Å². The molecule has 1 N–H and O–H groups in total. The van der Waals surface area contributed by atoms with Gasteiger partial charge in [0.2, 0.25) is 0 Å². The zero-order chi connectivity index (χ0) is 14.3. The molecule has 5 heteroatoms.